The maximum Gasteiger partial charge on any atom is 0.159 e. The molecule has 0 bridgehead atoms. The van der Waals surface area contributed by atoms with Crippen LogP contribution in [0, 0.1) is 0 Å². The molecule has 1 aromatic rings. The van der Waals surface area contributed by atoms with Crippen molar-refractivity contribution in [2.24, 2.45) is 5.73 Å². The van der Waals surface area contributed by atoms with Crippen LogP contribution in [-0.4, -0.2) is 36.9 Å². The predicted octanol–water partition coefficient (Wildman–Crippen LogP) is 2.60. The van der Waals surface area contributed by atoms with Crippen LogP contribution in [0.1, 0.15) is 48.5 Å². The number of carbonyl (C=O) groups excluding carboxylic acids is 1. The molecule has 1 aliphatic heterocycles. The highest BCUT2D eigenvalue weighted by molar-refractivity contribution is 5.94. The number of hydrogen-bond acceptors (Lipinski definition) is 4. The van der Waals surface area contributed by atoms with Gasteiger partial charge in [0.15, 0.2) is 5.78 Å². The van der Waals surface area contributed by atoms with E-state index in [1.54, 1.807) is 14.0 Å². The van der Waals surface area contributed by atoms with E-state index in [0.29, 0.717) is 6.04 Å². The molecule has 1 saturated heterocycles. The molecule has 4 nitrogen and oxygen atoms in total. The second-order valence-corrected chi connectivity index (χ2v) is 5.78. The van der Waals surface area contributed by atoms with Gasteiger partial charge in [-0.2, -0.15) is 0 Å². The second-order valence-electron chi connectivity index (χ2n) is 5.78. The Morgan fingerprint density at radius 1 is 1.43 bits per heavy atom. The summed E-state index contributed by atoms with van der Waals surface area (Å²) in [6, 6.07) is 6.25. The van der Waals surface area contributed by atoms with Gasteiger partial charge in [-0.25, -0.2) is 0 Å². The van der Waals surface area contributed by atoms with Crippen LogP contribution in [0.4, 0.5) is 0 Å². The van der Waals surface area contributed by atoms with E-state index < -0.39 is 0 Å². The molecule has 0 saturated carbocycles. The van der Waals surface area contributed by atoms with Crippen molar-refractivity contribution in [2.75, 3.05) is 20.2 Å². The van der Waals surface area contributed by atoms with E-state index in [-0.39, 0.29) is 5.78 Å². The van der Waals surface area contributed by atoms with Gasteiger partial charge in [-0.05, 0) is 57.5 Å². The van der Waals surface area contributed by atoms with E-state index in [0.717, 1.165) is 42.9 Å². The minimum Gasteiger partial charge on any atom is -0.496 e. The van der Waals surface area contributed by atoms with Crippen molar-refractivity contribution in [3.8, 4) is 5.75 Å². The van der Waals surface area contributed by atoms with Gasteiger partial charge in [0.1, 0.15) is 5.75 Å². The number of likely N-dealkylation sites (tertiary alicyclic amines) is 1. The van der Waals surface area contributed by atoms with Crippen molar-refractivity contribution < 1.29 is 9.53 Å². The first-order valence-electron chi connectivity index (χ1n) is 7.77. The van der Waals surface area contributed by atoms with Gasteiger partial charge in [-0.3, -0.25) is 9.69 Å². The van der Waals surface area contributed by atoms with E-state index in [2.05, 4.69) is 4.90 Å². The van der Waals surface area contributed by atoms with Crippen LogP contribution >= 0.6 is 0 Å². The van der Waals surface area contributed by atoms with Gasteiger partial charge in [0.25, 0.3) is 0 Å². The third kappa shape index (κ3) is 4.05. The number of Topliss-reactive ketones (excluding diaryl/α,β-unsaturated/α-hetero) is 1. The Labute approximate surface area is 127 Å². The Hall–Kier alpha value is -1.39. The molecule has 0 amide bonds. The van der Waals surface area contributed by atoms with E-state index in [1.807, 2.05) is 18.2 Å². The lowest BCUT2D eigenvalue weighted by molar-refractivity contribution is 0.101. The standard InChI is InChI=1S/C17H26N2O2/c1-13(20)14-6-7-17(21-2)15(11-14)12-19-10-4-3-5-16(19)8-9-18/h6-7,11,16H,3-5,8-10,12,18H2,1-2H3. The van der Waals surface area contributed by atoms with Gasteiger partial charge < -0.3 is 10.5 Å². The first-order valence-corrected chi connectivity index (χ1v) is 7.77. The summed E-state index contributed by atoms with van der Waals surface area (Å²) in [6.45, 7) is 4.25. The average Bonchev–Trinajstić information content (AvgIpc) is 2.49. The summed E-state index contributed by atoms with van der Waals surface area (Å²) in [4.78, 5) is 14.1. The zero-order valence-electron chi connectivity index (χ0n) is 13.1. The largest absolute Gasteiger partial charge is 0.496 e. The number of ether oxygens (including phenoxy) is 1. The number of benzene rings is 1. The fraction of sp³-hybridized carbons (Fsp3) is 0.588. The number of carbonyl (C=O) groups is 1. The molecule has 0 radical (unpaired) electrons. The van der Waals surface area contributed by atoms with Crippen LogP contribution in [0.5, 0.6) is 5.75 Å². The van der Waals surface area contributed by atoms with Gasteiger partial charge >= 0.3 is 0 Å². The summed E-state index contributed by atoms with van der Waals surface area (Å²) in [5, 5.41) is 0. The minimum absolute atomic E-state index is 0.0936. The molecular formula is C17H26N2O2. The minimum atomic E-state index is 0.0936. The lowest BCUT2D eigenvalue weighted by Gasteiger charge is -2.36. The SMILES string of the molecule is COc1ccc(C(C)=O)cc1CN1CCCCC1CCN. The molecule has 0 aromatic heterocycles. The predicted molar refractivity (Wildman–Crippen MR) is 84.7 cm³/mol. The highest BCUT2D eigenvalue weighted by atomic mass is 16.5. The highest BCUT2D eigenvalue weighted by Crippen LogP contribution is 2.26. The van der Waals surface area contributed by atoms with E-state index in [1.165, 1.54) is 19.3 Å². The molecule has 1 heterocycles. The molecule has 1 unspecified atom stereocenters. The van der Waals surface area contributed by atoms with Crippen molar-refractivity contribution in [1.82, 2.24) is 4.90 Å². The molecule has 1 fully saturated rings. The van der Waals surface area contributed by atoms with Crippen LogP contribution in [-0.2, 0) is 6.54 Å². The van der Waals surface area contributed by atoms with Gasteiger partial charge in [-0.1, -0.05) is 6.42 Å². The zero-order chi connectivity index (χ0) is 15.2. The number of methoxy groups -OCH3 is 1. The third-order valence-corrected chi connectivity index (χ3v) is 4.31. The Balaban J connectivity index is 2.19. The summed E-state index contributed by atoms with van der Waals surface area (Å²) in [5.41, 5.74) is 7.58. The van der Waals surface area contributed by atoms with Crippen molar-refractivity contribution in [2.45, 2.75) is 45.2 Å². The molecule has 1 aliphatic rings. The Kier molecular flexibility index (Phi) is 5.76. The fourth-order valence-electron chi connectivity index (χ4n) is 3.13. The molecule has 2 N–H and O–H groups in total. The number of nitrogens with zero attached hydrogens (tertiary/aromatic N) is 1. The van der Waals surface area contributed by atoms with Crippen LogP contribution < -0.4 is 10.5 Å². The van der Waals surface area contributed by atoms with Crippen LogP contribution in [0.2, 0.25) is 0 Å². The topological polar surface area (TPSA) is 55.6 Å². The average molecular weight is 290 g/mol. The summed E-state index contributed by atoms with van der Waals surface area (Å²) in [5.74, 6) is 0.952. The third-order valence-electron chi connectivity index (χ3n) is 4.31. The van der Waals surface area contributed by atoms with Crippen LogP contribution in [0.3, 0.4) is 0 Å². The molecule has 0 spiro atoms. The monoisotopic (exact) mass is 290 g/mol. The molecule has 2 rings (SSSR count). The van der Waals surface area contributed by atoms with Gasteiger partial charge in [-0.15, -0.1) is 0 Å². The normalized spacial score (nSPS) is 19.5. The summed E-state index contributed by atoms with van der Waals surface area (Å²) >= 11 is 0. The fourth-order valence-corrected chi connectivity index (χ4v) is 3.13. The summed E-state index contributed by atoms with van der Waals surface area (Å²) in [6.07, 6.45) is 4.77. The van der Waals surface area contributed by atoms with Crippen molar-refractivity contribution in [3.63, 3.8) is 0 Å². The molecule has 116 valence electrons. The first-order chi connectivity index (χ1) is 10.2. The van der Waals surface area contributed by atoms with Crippen LogP contribution in [0.15, 0.2) is 18.2 Å². The molecule has 1 aromatic carbocycles. The van der Waals surface area contributed by atoms with Gasteiger partial charge in [0.05, 0.1) is 7.11 Å². The Morgan fingerprint density at radius 3 is 2.90 bits per heavy atom. The molecule has 0 aliphatic carbocycles. The number of ketones is 1. The number of hydrogen-bond donors (Lipinski definition) is 1. The lowest BCUT2D eigenvalue weighted by atomic mass is 9.98. The van der Waals surface area contributed by atoms with E-state index in [4.69, 9.17) is 10.5 Å². The molecular weight excluding hydrogens is 264 g/mol. The Bertz CT molecular complexity index is 486. The van der Waals surface area contributed by atoms with Crippen molar-refractivity contribution in [3.05, 3.63) is 29.3 Å². The van der Waals surface area contributed by atoms with Crippen LogP contribution in [0.25, 0.3) is 0 Å². The lowest BCUT2D eigenvalue weighted by Crippen LogP contribution is -2.40. The summed E-state index contributed by atoms with van der Waals surface area (Å²) in [7, 11) is 1.68. The number of nitrogens with two attached hydrogens (primary N) is 1. The molecule has 4 heteroatoms. The maximum absolute atomic E-state index is 11.6. The first kappa shape index (κ1) is 16.0. The smallest absolute Gasteiger partial charge is 0.159 e. The number of piperidine rings is 1. The molecule has 1 atom stereocenters. The molecule has 21 heavy (non-hydrogen) atoms. The Morgan fingerprint density at radius 2 is 2.24 bits per heavy atom. The quantitative estimate of drug-likeness (QED) is 0.818. The number of rotatable bonds is 6. The highest BCUT2D eigenvalue weighted by Gasteiger charge is 2.23. The van der Waals surface area contributed by atoms with E-state index in [9.17, 15) is 4.79 Å². The van der Waals surface area contributed by atoms with Gasteiger partial charge in [0.2, 0.25) is 0 Å². The summed E-state index contributed by atoms with van der Waals surface area (Å²) < 4.78 is 5.45. The van der Waals surface area contributed by atoms with E-state index >= 15 is 0 Å². The zero-order valence-corrected chi connectivity index (χ0v) is 13.1. The van der Waals surface area contributed by atoms with Crippen molar-refractivity contribution in [1.29, 1.82) is 0 Å². The maximum atomic E-state index is 11.6. The second kappa shape index (κ2) is 7.57. The van der Waals surface area contributed by atoms with Crippen molar-refractivity contribution >= 4 is 5.78 Å². The van der Waals surface area contributed by atoms with Gasteiger partial charge in [0, 0.05) is 23.7 Å².